The zero-order valence-corrected chi connectivity index (χ0v) is 10.7. The third kappa shape index (κ3) is 2.08. The molecule has 0 aliphatic heterocycles. The van der Waals surface area contributed by atoms with Crippen molar-refractivity contribution in [3.05, 3.63) is 41.7 Å². The lowest BCUT2D eigenvalue weighted by Crippen LogP contribution is -2.05. The van der Waals surface area contributed by atoms with Crippen molar-refractivity contribution in [1.82, 2.24) is 14.1 Å². The van der Waals surface area contributed by atoms with E-state index in [9.17, 15) is 5.11 Å². The van der Waals surface area contributed by atoms with Crippen molar-refractivity contribution in [3.8, 4) is 0 Å². The van der Waals surface area contributed by atoms with Gasteiger partial charge in [0.2, 0.25) is 0 Å². The molecule has 0 spiro atoms. The Balaban J connectivity index is 1.72. The predicted molar refractivity (Wildman–Crippen MR) is 69.2 cm³/mol. The van der Waals surface area contributed by atoms with Crippen LogP contribution < -0.4 is 0 Å². The highest BCUT2D eigenvalue weighted by atomic mass is 16.3. The third-order valence-electron chi connectivity index (χ3n) is 3.79. The van der Waals surface area contributed by atoms with Gasteiger partial charge in [-0.25, -0.2) is 4.98 Å². The minimum absolute atomic E-state index is 0.261. The average Bonchev–Trinajstić information content (AvgIpc) is 2.93. The first-order valence-corrected chi connectivity index (χ1v) is 6.57. The molecule has 18 heavy (non-hydrogen) atoms. The second-order valence-corrected chi connectivity index (χ2v) is 5.09. The number of imidazole rings is 1. The van der Waals surface area contributed by atoms with Crippen molar-refractivity contribution >= 4 is 0 Å². The van der Waals surface area contributed by atoms with Crippen molar-refractivity contribution in [2.24, 2.45) is 7.05 Å². The molecule has 96 valence electrons. The summed E-state index contributed by atoms with van der Waals surface area (Å²) in [4.78, 5) is 4.33. The maximum Gasteiger partial charge on any atom is 0.110 e. The fraction of sp³-hybridized carbons (Fsp3) is 0.500. The summed E-state index contributed by atoms with van der Waals surface area (Å²) in [5.41, 5.74) is 2.44. The molecule has 4 nitrogen and oxygen atoms in total. The Morgan fingerprint density at radius 1 is 1.44 bits per heavy atom. The molecule has 1 atom stereocenters. The van der Waals surface area contributed by atoms with Crippen LogP contribution in [0.25, 0.3) is 0 Å². The van der Waals surface area contributed by atoms with E-state index in [1.807, 2.05) is 19.4 Å². The van der Waals surface area contributed by atoms with E-state index in [0.29, 0.717) is 0 Å². The van der Waals surface area contributed by atoms with Crippen molar-refractivity contribution in [2.45, 2.75) is 38.3 Å². The van der Waals surface area contributed by atoms with Gasteiger partial charge < -0.3 is 14.2 Å². The van der Waals surface area contributed by atoms with Crippen LogP contribution in [0, 0.1) is 0 Å². The molecule has 2 heterocycles. The molecule has 0 aromatic carbocycles. The number of hydrogen-bond donors (Lipinski definition) is 1. The van der Waals surface area contributed by atoms with Crippen LogP contribution in [0.3, 0.4) is 0 Å². The van der Waals surface area contributed by atoms with Gasteiger partial charge in [0.25, 0.3) is 0 Å². The molecule has 1 aliphatic carbocycles. The van der Waals surface area contributed by atoms with Gasteiger partial charge in [-0.15, -0.1) is 0 Å². The van der Waals surface area contributed by atoms with Gasteiger partial charge >= 0.3 is 0 Å². The summed E-state index contributed by atoms with van der Waals surface area (Å²) >= 11 is 0. The molecule has 2 aromatic heterocycles. The molecule has 2 aromatic rings. The van der Waals surface area contributed by atoms with Crippen LogP contribution >= 0.6 is 0 Å². The molecule has 3 rings (SSSR count). The highest BCUT2D eigenvalue weighted by Crippen LogP contribution is 2.30. The van der Waals surface area contributed by atoms with Crippen molar-refractivity contribution in [2.75, 3.05) is 0 Å². The number of fused-ring (bicyclic) bond motifs is 1. The lowest BCUT2D eigenvalue weighted by atomic mass is 9.93. The van der Waals surface area contributed by atoms with Gasteiger partial charge in [0.05, 0.1) is 6.10 Å². The molecule has 0 radical (unpaired) electrons. The van der Waals surface area contributed by atoms with E-state index in [4.69, 9.17) is 0 Å². The Kier molecular flexibility index (Phi) is 2.96. The molecule has 1 N–H and O–H groups in total. The molecule has 0 saturated carbocycles. The van der Waals surface area contributed by atoms with Gasteiger partial charge in [-0.05, 0) is 24.8 Å². The lowest BCUT2D eigenvalue weighted by Gasteiger charge is -2.16. The first-order valence-electron chi connectivity index (χ1n) is 6.57. The molecule has 4 heteroatoms. The maximum atomic E-state index is 9.94. The molecule has 0 fully saturated rings. The SMILES string of the molecule is Cn1ccnc1CCn1cc2c(c1)C(O)CCC2. The minimum Gasteiger partial charge on any atom is -0.388 e. The lowest BCUT2D eigenvalue weighted by molar-refractivity contribution is 0.157. The molecule has 0 amide bonds. The van der Waals surface area contributed by atoms with Gasteiger partial charge in [-0.2, -0.15) is 0 Å². The van der Waals surface area contributed by atoms with Crippen molar-refractivity contribution in [3.63, 3.8) is 0 Å². The molecule has 1 unspecified atom stereocenters. The average molecular weight is 245 g/mol. The Morgan fingerprint density at radius 3 is 3.06 bits per heavy atom. The summed E-state index contributed by atoms with van der Waals surface area (Å²) in [5, 5.41) is 9.94. The van der Waals surface area contributed by atoms with Crippen LogP contribution in [-0.4, -0.2) is 19.2 Å². The van der Waals surface area contributed by atoms with E-state index in [2.05, 4.69) is 26.5 Å². The number of nitrogens with zero attached hydrogens (tertiary/aromatic N) is 3. The Hall–Kier alpha value is -1.55. The molecular weight excluding hydrogens is 226 g/mol. The second-order valence-electron chi connectivity index (χ2n) is 5.09. The predicted octanol–water partition coefficient (Wildman–Crippen LogP) is 1.83. The largest absolute Gasteiger partial charge is 0.388 e. The number of aliphatic hydroxyl groups is 1. The minimum atomic E-state index is -0.261. The van der Waals surface area contributed by atoms with Gasteiger partial charge in [0.1, 0.15) is 5.82 Å². The fourth-order valence-electron chi connectivity index (χ4n) is 2.72. The van der Waals surface area contributed by atoms with Crippen molar-refractivity contribution < 1.29 is 5.11 Å². The normalized spacial score (nSPS) is 18.9. The van der Waals surface area contributed by atoms with E-state index in [1.165, 1.54) is 5.56 Å². The number of aryl methyl sites for hydroxylation is 4. The smallest absolute Gasteiger partial charge is 0.110 e. The van der Waals surface area contributed by atoms with Crippen LogP contribution in [0.2, 0.25) is 0 Å². The topological polar surface area (TPSA) is 43.0 Å². The number of rotatable bonds is 3. The van der Waals surface area contributed by atoms with Crippen LogP contribution in [-0.2, 0) is 26.4 Å². The Bertz CT molecular complexity index is 541. The van der Waals surface area contributed by atoms with E-state index >= 15 is 0 Å². The fourth-order valence-corrected chi connectivity index (χ4v) is 2.72. The molecule has 1 aliphatic rings. The van der Waals surface area contributed by atoms with Crippen LogP contribution in [0.5, 0.6) is 0 Å². The van der Waals surface area contributed by atoms with Crippen LogP contribution in [0.15, 0.2) is 24.8 Å². The standard InChI is InChI=1S/C14H19N3O/c1-16-8-6-15-14(16)5-7-17-9-11-3-2-4-13(18)12(11)10-17/h6,8-10,13,18H,2-5,7H2,1H3. The number of hydrogen-bond acceptors (Lipinski definition) is 2. The number of aliphatic hydroxyl groups excluding tert-OH is 1. The summed E-state index contributed by atoms with van der Waals surface area (Å²) in [5.74, 6) is 1.10. The van der Waals surface area contributed by atoms with E-state index < -0.39 is 0 Å². The van der Waals surface area contributed by atoms with Crippen LogP contribution in [0.1, 0.15) is 35.9 Å². The number of aromatic nitrogens is 3. The Morgan fingerprint density at radius 2 is 2.33 bits per heavy atom. The van der Waals surface area contributed by atoms with Crippen molar-refractivity contribution in [1.29, 1.82) is 0 Å². The van der Waals surface area contributed by atoms with E-state index in [0.717, 1.165) is 43.6 Å². The van der Waals surface area contributed by atoms with Gasteiger partial charge in [0.15, 0.2) is 0 Å². The van der Waals surface area contributed by atoms with Gasteiger partial charge in [-0.1, -0.05) is 0 Å². The molecule has 0 bridgehead atoms. The zero-order valence-electron chi connectivity index (χ0n) is 10.7. The first kappa shape index (κ1) is 11.5. The van der Waals surface area contributed by atoms with Gasteiger partial charge in [0, 0.05) is 50.4 Å². The highest BCUT2D eigenvalue weighted by Gasteiger charge is 2.19. The molecular formula is C14H19N3O. The summed E-state index contributed by atoms with van der Waals surface area (Å²) in [7, 11) is 2.02. The second kappa shape index (κ2) is 4.61. The van der Waals surface area contributed by atoms with Gasteiger partial charge in [-0.3, -0.25) is 0 Å². The van der Waals surface area contributed by atoms with E-state index in [1.54, 1.807) is 0 Å². The quantitative estimate of drug-likeness (QED) is 0.896. The molecule has 0 saturated heterocycles. The Labute approximate surface area is 107 Å². The zero-order chi connectivity index (χ0) is 12.5. The summed E-state index contributed by atoms with van der Waals surface area (Å²) < 4.78 is 4.24. The summed E-state index contributed by atoms with van der Waals surface area (Å²) in [6.07, 6.45) is 11.8. The third-order valence-corrected chi connectivity index (χ3v) is 3.79. The summed E-state index contributed by atoms with van der Waals surface area (Å²) in [6.45, 7) is 0.921. The maximum absolute atomic E-state index is 9.94. The first-order chi connectivity index (χ1) is 8.74. The van der Waals surface area contributed by atoms with Crippen LogP contribution in [0.4, 0.5) is 0 Å². The summed E-state index contributed by atoms with van der Waals surface area (Å²) in [6, 6.07) is 0. The highest BCUT2D eigenvalue weighted by molar-refractivity contribution is 5.29. The van der Waals surface area contributed by atoms with E-state index in [-0.39, 0.29) is 6.10 Å². The monoisotopic (exact) mass is 245 g/mol.